The van der Waals surface area contributed by atoms with Crippen LogP contribution in [0.25, 0.3) is 10.8 Å². The molecule has 0 aromatic heterocycles. The van der Waals surface area contributed by atoms with Crippen molar-refractivity contribution in [3.63, 3.8) is 0 Å². The van der Waals surface area contributed by atoms with Gasteiger partial charge in [-0.1, -0.05) is 47.6 Å². The van der Waals surface area contributed by atoms with E-state index < -0.39 is 18.3 Å². The van der Waals surface area contributed by atoms with Gasteiger partial charge < -0.3 is 15.3 Å². The summed E-state index contributed by atoms with van der Waals surface area (Å²) in [6.45, 7) is 9.67. The fraction of sp³-hybridized carbons (Fsp3) is 0.500. The summed E-state index contributed by atoms with van der Waals surface area (Å²) < 4.78 is 0. The molecule has 0 aliphatic heterocycles. The Balaban J connectivity index is -0.000000241. The first-order chi connectivity index (χ1) is 9.66. The summed E-state index contributed by atoms with van der Waals surface area (Å²) in [5, 5.41) is 31.2. The summed E-state index contributed by atoms with van der Waals surface area (Å²) in [6, 6.07) is 14.7. The predicted molar refractivity (Wildman–Crippen MR) is 84.9 cm³/mol. The zero-order valence-corrected chi connectivity index (χ0v) is 16.1. The molecule has 0 spiro atoms. The Morgan fingerprint density at radius 2 is 1.09 bits per heavy atom. The van der Waals surface area contributed by atoms with E-state index in [1.54, 1.807) is 41.5 Å². The quantitative estimate of drug-likeness (QED) is 0.543. The molecule has 0 heterocycles. The summed E-state index contributed by atoms with van der Waals surface area (Å²) in [7, 11) is 0. The monoisotopic (exact) mass is 340 g/mol. The van der Waals surface area contributed by atoms with Gasteiger partial charge in [-0.3, -0.25) is 0 Å². The first kappa shape index (κ1) is 26.3. The molecule has 0 unspecified atom stereocenters. The van der Waals surface area contributed by atoms with Crippen molar-refractivity contribution in [1.82, 2.24) is 0 Å². The van der Waals surface area contributed by atoms with Gasteiger partial charge in [0.1, 0.15) is 0 Å². The molecule has 0 atom stereocenters. The molecule has 0 bridgehead atoms. The van der Waals surface area contributed by atoms with Crippen molar-refractivity contribution in [2.45, 2.75) is 59.9 Å². The van der Waals surface area contributed by atoms with Crippen LogP contribution in [-0.4, -0.2) is 18.3 Å². The van der Waals surface area contributed by atoms with Gasteiger partial charge in [-0.05, 0) is 0 Å². The number of fused-ring (bicyclic) bond motifs is 1. The van der Waals surface area contributed by atoms with Crippen molar-refractivity contribution in [2.24, 2.45) is 0 Å². The fourth-order valence-corrected chi connectivity index (χ4v) is 1.07. The number of benzene rings is 1. The van der Waals surface area contributed by atoms with Crippen molar-refractivity contribution in [2.75, 3.05) is 0 Å². The molecule has 0 amide bonds. The van der Waals surface area contributed by atoms with E-state index in [1.807, 2.05) is 0 Å². The minimum Gasteiger partial charge on any atom is -0.852 e. The van der Waals surface area contributed by atoms with Crippen LogP contribution in [0.15, 0.2) is 42.5 Å². The van der Waals surface area contributed by atoms with E-state index in [2.05, 4.69) is 42.5 Å². The summed E-state index contributed by atoms with van der Waals surface area (Å²) in [4.78, 5) is 0. The van der Waals surface area contributed by atoms with Crippen LogP contribution in [0.4, 0.5) is 0 Å². The Morgan fingerprint density at radius 3 is 1.45 bits per heavy atom. The van der Waals surface area contributed by atoms with Crippen LogP contribution in [-0.2, 0) is 21.7 Å². The minimum absolute atomic E-state index is 0. The third-order valence-corrected chi connectivity index (χ3v) is 1.55. The van der Waals surface area contributed by atoms with Gasteiger partial charge in [0, 0.05) is 0 Å². The van der Waals surface area contributed by atoms with Crippen molar-refractivity contribution in [3.05, 3.63) is 42.5 Å². The zero-order valence-electron chi connectivity index (χ0n) is 14.5. The van der Waals surface area contributed by atoms with Crippen molar-refractivity contribution in [1.29, 1.82) is 0 Å². The topological polar surface area (TPSA) is 69.2 Å². The molecule has 0 aliphatic carbocycles. The summed E-state index contributed by atoms with van der Waals surface area (Å²) in [5.74, 6) is 0. The molecule has 2 rings (SSSR count). The average molecular weight is 340 g/mol. The van der Waals surface area contributed by atoms with E-state index >= 15 is 0 Å². The van der Waals surface area contributed by atoms with E-state index in [1.165, 1.54) is 10.8 Å². The Labute approximate surface area is 150 Å². The molecule has 0 aliphatic rings. The van der Waals surface area contributed by atoms with Crippen LogP contribution in [0, 0.1) is 0 Å². The molecular weight excluding hydrogens is 312 g/mol. The second-order valence-electron chi connectivity index (χ2n) is 5.30. The second kappa shape index (κ2) is 16.8. The average Bonchev–Trinajstić information content (AvgIpc) is 2.74. The third-order valence-electron chi connectivity index (χ3n) is 1.55. The Hall–Kier alpha value is -0.576. The van der Waals surface area contributed by atoms with E-state index in [9.17, 15) is 15.3 Å². The predicted octanol–water partition coefficient (Wildman–Crippen LogP) is 1.82. The van der Waals surface area contributed by atoms with Gasteiger partial charge in [0.25, 0.3) is 0 Å². The standard InChI is InChI=1S/C9H7.3C3H7O.Ti/c1-2-5-9-7-3-6-8(9)4-1;3*1-3(2)4;/h1-7H;3*3H,1-2H3;/q4*-1;+4. The Bertz CT molecular complexity index is 384. The molecule has 22 heavy (non-hydrogen) atoms. The van der Waals surface area contributed by atoms with E-state index in [4.69, 9.17) is 0 Å². The molecular formula is C18H28O3Ti. The maximum absolute atomic E-state index is 9.53. The molecule has 3 nitrogen and oxygen atoms in total. The molecule has 0 N–H and O–H groups in total. The number of rotatable bonds is 0. The molecule has 2 aromatic carbocycles. The Morgan fingerprint density at radius 1 is 0.727 bits per heavy atom. The van der Waals surface area contributed by atoms with Gasteiger partial charge >= 0.3 is 21.7 Å². The largest absolute Gasteiger partial charge is 4.00 e. The van der Waals surface area contributed by atoms with Crippen LogP contribution in [0.1, 0.15) is 41.5 Å². The van der Waals surface area contributed by atoms with Gasteiger partial charge in [0.2, 0.25) is 0 Å². The van der Waals surface area contributed by atoms with Gasteiger partial charge in [-0.2, -0.15) is 17.5 Å². The SMILES string of the molecule is CC(C)[O-].CC(C)[O-].CC(C)[O-].[Ti+4].c1ccc2[cH-]ccc2c1. The number of hydrogen-bond donors (Lipinski definition) is 0. The van der Waals surface area contributed by atoms with Crippen LogP contribution in [0.5, 0.6) is 0 Å². The molecule has 0 saturated carbocycles. The van der Waals surface area contributed by atoms with Crippen molar-refractivity contribution >= 4 is 10.8 Å². The maximum atomic E-state index is 9.53. The minimum atomic E-state index is -0.417. The van der Waals surface area contributed by atoms with Crippen LogP contribution in [0.3, 0.4) is 0 Å². The second-order valence-corrected chi connectivity index (χ2v) is 5.30. The summed E-state index contributed by atoms with van der Waals surface area (Å²) >= 11 is 0. The maximum Gasteiger partial charge on any atom is 4.00 e. The van der Waals surface area contributed by atoms with Crippen molar-refractivity contribution < 1.29 is 37.0 Å². The molecule has 0 saturated heterocycles. The van der Waals surface area contributed by atoms with E-state index in [-0.39, 0.29) is 21.7 Å². The number of hydrogen-bond acceptors (Lipinski definition) is 3. The van der Waals surface area contributed by atoms with E-state index in [0.29, 0.717) is 0 Å². The molecule has 4 heteroatoms. The first-order valence-electron chi connectivity index (χ1n) is 7.24. The molecule has 122 valence electrons. The summed E-state index contributed by atoms with van der Waals surface area (Å²) in [5.41, 5.74) is 0. The fourth-order valence-electron chi connectivity index (χ4n) is 1.07. The van der Waals surface area contributed by atoms with Gasteiger partial charge in [0.15, 0.2) is 0 Å². The molecule has 0 fully saturated rings. The summed E-state index contributed by atoms with van der Waals surface area (Å²) in [6.07, 6.45) is -1.25. The zero-order chi connectivity index (χ0) is 16.8. The van der Waals surface area contributed by atoms with Crippen LogP contribution >= 0.6 is 0 Å². The van der Waals surface area contributed by atoms with Crippen LogP contribution < -0.4 is 15.3 Å². The van der Waals surface area contributed by atoms with Crippen molar-refractivity contribution in [3.8, 4) is 0 Å². The smallest absolute Gasteiger partial charge is 0.852 e. The third kappa shape index (κ3) is 24.4. The van der Waals surface area contributed by atoms with Crippen LogP contribution in [0.2, 0.25) is 0 Å². The normalized spacial score (nSPS) is 9.09. The van der Waals surface area contributed by atoms with Gasteiger partial charge in [-0.25, -0.2) is 0 Å². The first-order valence-corrected chi connectivity index (χ1v) is 7.24. The molecule has 2 aromatic rings. The van der Waals surface area contributed by atoms with E-state index in [0.717, 1.165) is 0 Å². The molecule has 0 radical (unpaired) electrons. The Kier molecular flexibility index (Phi) is 20.1. The van der Waals surface area contributed by atoms with Gasteiger partial charge in [0.05, 0.1) is 0 Å². The van der Waals surface area contributed by atoms with Gasteiger partial charge in [-0.15, -0.1) is 48.0 Å².